The molecule has 8 nitrogen and oxygen atoms in total. The van der Waals surface area contributed by atoms with E-state index in [0.717, 1.165) is 29.1 Å². The Bertz CT molecular complexity index is 1270. The SMILES string of the molecule is COc1ccc(Nc2ncccc2C(=O)N2CCOC[C@@H](Cc3nccn4cccc34)C2)cc1. The number of methoxy groups -OCH3 is 1. The maximum atomic E-state index is 13.6. The molecule has 34 heavy (non-hydrogen) atoms. The number of nitrogens with one attached hydrogen (secondary N) is 1. The van der Waals surface area contributed by atoms with Crippen LogP contribution in [0.4, 0.5) is 11.5 Å². The van der Waals surface area contributed by atoms with Crippen molar-refractivity contribution >= 4 is 22.9 Å². The summed E-state index contributed by atoms with van der Waals surface area (Å²) in [4.78, 5) is 24.5. The van der Waals surface area contributed by atoms with Crippen LogP contribution in [-0.4, -0.2) is 58.6 Å². The van der Waals surface area contributed by atoms with Crippen LogP contribution in [0.3, 0.4) is 0 Å². The van der Waals surface area contributed by atoms with Gasteiger partial charge in [0.25, 0.3) is 5.91 Å². The van der Waals surface area contributed by atoms with Gasteiger partial charge >= 0.3 is 0 Å². The Morgan fingerprint density at radius 2 is 2.00 bits per heavy atom. The summed E-state index contributed by atoms with van der Waals surface area (Å²) in [6.07, 6.45) is 8.19. The quantitative estimate of drug-likeness (QED) is 0.474. The number of fused-ring (bicyclic) bond motifs is 1. The third-order valence-electron chi connectivity index (χ3n) is 6.03. The highest BCUT2D eigenvalue weighted by molar-refractivity contribution is 5.99. The molecule has 8 heteroatoms. The van der Waals surface area contributed by atoms with Gasteiger partial charge in [-0.05, 0) is 55.0 Å². The van der Waals surface area contributed by atoms with E-state index in [1.807, 2.05) is 59.9 Å². The first kappa shape index (κ1) is 21.9. The van der Waals surface area contributed by atoms with Crippen LogP contribution in [0, 0.1) is 5.92 Å². The number of nitrogens with zero attached hydrogens (tertiary/aromatic N) is 4. The molecule has 4 heterocycles. The average Bonchev–Trinajstić information content (AvgIpc) is 3.24. The highest BCUT2D eigenvalue weighted by atomic mass is 16.5. The van der Waals surface area contributed by atoms with Crippen LogP contribution in [0.5, 0.6) is 5.75 Å². The molecule has 1 saturated heterocycles. The number of hydrogen-bond donors (Lipinski definition) is 1. The fraction of sp³-hybridized carbons (Fsp3) is 0.269. The maximum absolute atomic E-state index is 13.6. The Hall–Kier alpha value is -3.91. The molecule has 0 bridgehead atoms. The Morgan fingerprint density at radius 3 is 2.85 bits per heavy atom. The topological polar surface area (TPSA) is 81.0 Å². The van der Waals surface area contributed by atoms with E-state index < -0.39 is 0 Å². The molecule has 5 rings (SSSR count). The minimum Gasteiger partial charge on any atom is -0.497 e. The third kappa shape index (κ3) is 4.72. The molecule has 3 aromatic heterocycles. The first-order valence-corrected chi connectivity index (χ1v) is 11.3. The smallest absolute Gasteiger partial charge is 0.257 e. The molecule has 0 aliphatic carbocycles. The number of carbonyl (C=O) groups excluding carboxylic acids is 1. The van der Waals surface area contributed by atoms with E-state index in [0.29, 0.717) is 37.7 Å². The Balaban J connectivity index is 1.34. The molecular weight excluding hydrogens is 430 g/mol. The highest BCUT2D eigenvalue weighted by Crippen LogP contribution is 2.24. The van der Waals surface area contributed by atoms with E-state index in [1.165, 1.54) is 0 Å². The first-order valence-electron chi connectivity index (χ1n) is 11.3. The lowest BCUT2D eigenvalue weighted by molar-refractivity contribution is 0.0738. The zero-order chi connectivity index (χ0) is 23.3. The van der Waals surface area contributed by atoms with Gasteiger partial charge < -0.3 is 24.1 Å². The lowest BCUT2D eigenvalue weighted by Gasteiger charge is -2.24. The second-order valence-corrected chi connectivity index (χ2v) is 8.32. The molecule has 0 spiro atoms. The van der Waals surface area contributed by atoms with Gasteiger partial charge in [-0.1, -0.05) is 0 Å². The van der Waals surface area contributed by atoms with Gasteiger partial charge in [0.15, 0.2) is 0 Å². The second-order valence-electron chi connectivity index (χ2n) is 8.32. The summed E-state index contributed by atoms with van der Waals surface area (Å²) < 4.78 is 13.2. The molecule has 0 radical (unpaired) electrons. The van der Waals surface area contributed by atoms with Gasteiger partial charge in [-0.15, -0.1) is 0 Å². The molecule has 1 atom stereocenters. The van der Waals surface area contributed by atoms with Crippen molar-refractivity contribution in [3.8, 4) is 5.75 Å². The molecule has 1 fully saturated rings. The van der Waals surface area contributed by atoms with E-state index >= 15 is 0 Å². The summed E-state index contributed by atoms with van der Waals surface area (Å²) in [5.74, 6) is 1.38. The number of benzene rings is 1. The number of rotatable bonds is 6. The lowest BCUT2D eigenvalue weighted by Crippen LogP contribution is -2.37. The van der Waals surface area contributed by atoms with Crippen LogP contribution < -0.4 is 10.1 Å². The molecule has 174 valence electrons. The van der Waals surface area contributed by atoms with Gasteiger partial charge in [0.05, 0.1) is 37.1 Å². The van der Waals surface area contributed by atoms with Gasteiger partial charge in [-0.2, -0.15) is 0 Å². The van der Waals surface area contributed by atoms with Crippen molar-refractivity contribution in [3.63, 3.8) is 0 Å². The predicted octanol–water partition coefficient (Wildman–Crippen LogP) is 3.81. The van der Waals surface area contributed by atoms with E-state index in [-0.39, 0.29) is 11.8 Å². The fourth-order valence-electron chi connectivity index (χ4n) is 4.31. The van der Waals surface area contributed by atoms with Crippen LogP contribution in [-0.2, 0) is 11.2 Å². The number of ether oxygens (including phenoxy) is 2. The Morgan fingerprint density at radius 1 is 1.12 bits per heavy atom. The Labute approximate surface area is 198 Å². The van der Waals surface area contributed by atoms with Crippen molar-refractivity contribution in [2.45, 2.75) is 6.42 Å². The number of anilines is 2. The van der Waals surface area contributed by atoms with E-state index in [2.05, 4.69) is 25.8 Å². The normalized spacial score (nSPS) is 16.3. The molecule has 0 unspecified atom stereocenters. The van der Waals surface area contributed by atoms with Gasteiger partial charge in [0.1, 0.15) is 11.6 Å². The van der Waals surface area contributed by atoms with Crippen molar-refractivity contribution in [2.75, 3.05) is 38.7 Å². The summed E-state index contributed by atoms with van der Waals surface area (Å²) >= 11 is 0. The lowest BCUT2D eigenvalue weighted by atomic mass is 10.0. The second kappa shape index (κ2) is 9.93. The zero-order valence-electron chi connectivity index (χ0n) is 19.1. The molecular formula is C26H27N5O3. The molecule has 1 amide bonds. The monoisotopic (exact) mass is 457 g/mol. The maximum Gasteiger partial charge on any atom is 0.257 e. The number of carbonyl (C=O) groups is 1. The van der Waals surface area contributed by atoms with Crippen LogP contribution >= 0.6 is 0 Å². The standard InChI is InChI=1S/C26H27N5O3/c1-33-21-8-6-20(7-9-21)29-25-22(4-2-10-28-25)26(32)31-14-15-34-18-19(17-31)16-23-24-5-3-12-30(24)13-11-27-23/h2-13,19H,14-18H2,1H3,(H,28,29)/t19-/m0/s1. The van der Waals surface area contributed by atoms with Crippen LogP contribution in [0.25, 0.3) is 5.52 Å². The van der Waals surface area contributed by atoms with Crippen LogP contribution in [0.15, 0.2) is 73.3 Å². The van der Waals surface area contributed by atoms with E-state index in [9.17, 15) is 4.79 Å². The summed E-state index contributed by atoms with van der Waals surface area (Å²) in [6, 6.07) is 15.2. The summed E-state index contributed by atoms with van der Waals surface area (Å²) in [5.41, 5.74) is 3.46. The van der Waals surface area contributed by atoms with Gasteiger partial charge in [0, 0.05) is 49.5 Å². The number of pyridine rings is 1. The van der Waals surface area contributed by atoms with Crippen molar-refractivity contribution in [1.82, 2.24) is 19.3 Å². The molecule has 1 N–H and O–H groups in total. The van der Waals surface area contributed by atoms with Crippen molar-refractivity contribution in [3.05, 3.63) is 84.6 Å². The van der Waals surface area contributed by atoms with Crippen LogP contribution in [0.2, 0.25) is 0 Å². The van der Waals surface area contributed by atoms with Crippen molar-refractivity contribution in [1.29, 1.82) is 0 Å². The number of hydrogen-bond acceptors (Lipinski definition) is 6. The van der Waals surface area contributed by atoms with Crippen LogP contribution in [0.1, 0.15) is 16.1 Å². The Kier molecular flexibility index (Phi) is 6.40. The van der Waals surface area contributed by atoms with Gasteiger partial charge in [0.2, 0.25) is 0 Å². The molecule has 0 saturated carbocycles. The molecule has 1 aliphatic rings. The molecule has 1 aromatic carbocycles. The first-order chi connectivity index (χ1) is 16.7. The highest BCUT2D eigenvalue weighted by Gasteiger charge is 2.26. The van der Waals surface area contributed by atoms with Gasteiger partial charge in [-0.25, -0.2) is 4.98 Å². The average molecular weight is 458 g/mol. The summed E-state index contributed by atoms with van der Waals surface area (Å²) in [5, 5.41) is 3.27. The van der Waals surface area contributed by atoms with Gasteiger partial charge in [-0.3, -0.25) is 9.78 Å². The number of amides is 1. The summed E-state index contributed by atoms with van der Waals surface area (Å²) in [7, 11) is 1.63. The minimum absolute atomic E-state index is 0.0616. The minimum atomic E-state index is -0.0616. The largest absolute Gasteiger partial charge is 0.497 e. The fourth-order valence-corrected chi connectivity index (χ4v) is 4.31. The van der Waals surface area contributed by atoms with Crippen molar-refractivity contribution < 1.29 is 14.3 Å². The number of aromatic nitrogens is 3. The third-order valence-corrected chi connectivity index (χ3v) is 6.03. The molecule has 4 aromatic rings. The molecule has 1 aliphatic heterocycles. The van der Waals surface area contributed by atoms with E-state index in [4.69, 9.17) is 9.47 Å². The zero-order valence-corrected chi connectivity index (χ0v) is 19.1. The van der Waals surface area contributed by atoms with Crippen molar-refractivity contribution in [2.24, 2.45) is 5.92 Å². The summed E-state index contributed by atoms with van der Waals surface area (Å²) in [6.45, 7) is 2.23. The van der Waals surface area contributed by atoms with E-state index in [1.54, 1.807) is 19.4 Å². The predicted molar refractivity (Wildman–Crippen MR) is 130 cm³/mol.